The van der Waals surface area contributed by atoms with Crippen LogP contribution in [-0.4, -0.2) is 62.7 Å². The molecule has 206 valence electrons. The van der Waals surface area contributed by atoms with E-state index in [-0.39, 0.29) is 18.4 Å². The number of piperidine rings is 1. The van der Waals surface area contributed by atoms with E-state index in [2.05, 4.69) is 45.8 Å². The minimum Gasteiger partial charge on any atom is -0.457 e. The van der Waals surface area contributed by atoms with Crippen LogP contribution in [0.2, 0.25) is 0 Å². The van der Waals surface area contributed by atoms with Gasteiger partial charge in [0.25, 0.3) is 0 Å². The maximum atomic E-state index is 12.7. The van der Waals surface area contributed by atoms with Crippen molar-refractivity contribution in [2.24, 2.45) is 0 Å². The summed E-state index contributed by atoms with van der Waals surface area (Å²) < 4.78 is 31.0. The predicted octanol–water partition coefficient (Wildman–Crippen LogP) is 5.46. The molecule has 1 heterocycles. The molecule has 0 aromatic heterocycles. The van der Waals surface area contributed by atoms with Crippen LogP contribution >= 0.6 is 12.4 Å². The Morgan fingerprint density at radius 1 is 1.00 bits per heavy atom. The maximum Gasteiger partial charge on any atom is 0.317 e. The van der Waals surface area contributed by atoms with Crippen LogP contribution in [0.5, 0.6) is 11.5 Å². The summed E-state index contributed by atoms with van der Waals surface area (Å²) in [4.78, 5) is 17.2. The van der Waals surface area contributed by atoms with E-state index in [4.69, 9.17) is 4.74 Å². The number of sulfonamides is 1. The molecule has 0 atom stereocenters. The van der Waals surface area contributed by atoms with Gasteiger partial charge in [-0.1, -0.05) is 32.4 Å². The van der Waals surface area contributed by atoms with Crippen LogP contribution in [0.15, 0.2) is 48.5 Å². The quantitative estimate of drug-likeness (QED) is 0.365. The van der Waals surface area contributed by atoms with E-state index in [0.717, 1.165) is 76.8 Å². The van der Waals surface area contributed by atoms with E-state index in [1.807, 2.05) is 12.1 Å². The second-order valence-corrected chi connectivity index (χ2v) is 11.2. The number of anilines is 1. The number of hydrogen-bond acceptors (Lipinski definition) is 5. The van der Waals surface area contributed by atoms with Gasteiger partial charge in [0.05, 0.1) is 6.26 Å². The van der Waals surface area contributed by atoms with Gasteiger partial charge in [-0.15, -0.1) is 12.4 Å². The average Bonchev–Trinajstić information content (AvgIpc) is 2.85. The summed E-state index contributed by atoms with van der Waals surface area (Å²) in [6.07, 6.45) is 6.18. The minimum atomic E-state index is -3.30. The normalized spacial score (nSPS) is 14.5. The molecule has 0 saturated carbocycles. The van der Waals surface area contributed by atoms with E-state index in [9.17, 15) is 13.2 Å². The lowest BCUT2D eigenvalue weighted by Crippen LogP contribution is -2.51. The highest BCUT2D eigenvalue weighted by Crippen LogP contribution is 2.25. The minimum absolute atomic E-state index is 0. The van der Waals surface area contributed by atoms with Gasteiger partial charge in [-0.3, -0.25) is 9.62 Å². The molecule has 0 aliphatic carbocycles. The van der Waals surface area contributed by atoms with Crippen molar-refractivity contribution in [3.63, 3.8) is 0 Å². The highest BCUT2D eigenvalue weighted by atomic mass is 35.5. The van der Waals surface area contributed by atoms with Gasteiger partial charge in [0.1, 0.15) is 11.5 Å². The molecule has 3 rings (SSSR count). The van der Waals surface area contributed by atoms with Gasteiger partial charge in [0, 0.05) is 44.5 Å². The Morgan fingerprint density at radius 3 is 2.14 bits per heavy atom. The molecule has 0 spiro atoms. The number of ether oxygens (including phenoxy) is 1. The van der Waals surface area contributed by atoms with Crippen molar-refractivity contribution in [2.75, 3.05) is 37.2 Å². The largest absolute Gasteiger partial charge is 0.457 e. The Morgan fingerprint density at radius 2 is 1.59 bits per heavy atom. The Kier molecular flexibility index (Phi) is 12.5. The smallest absolute Gasteiger partial charge is 0.317 e. The topological polar surface area (TPSA) is 91.0 Å². The first-order valence-electron chi connectivity index (χ1n) is 12.9. The number of halogens is 1. The fourth-order valence-corrected chi connectivity index (χ4v) is 4.93. The average molecular weight is 553 g/mol. The molecule has 2 amide bonds. The van der Waals surface area contributed by atoms with Gasteiger partial charge >= 0.3 is 6.03 Å². The molecule has 2 aromatic carbocycles. The number of likely N-dealkylation sites (tertiary alicyclic amines) is 1. The van der Waals surface area contributed by atoms with Gasteiger partial charge in [0.15, 0.2) is 0 Å². The van der Waals surface area contributed by atoms with Crippen LogP contribution in [0.25, 0.3) is 0 Å². The summed E-state index contributed by atoms with van der Waals surface area (Å²) in [5.74, 6) is 1.37. The second kappa shape index (κ2) is 15.1. The Balaban J connectivity index is 0.00000481. The molecular weight excluding hydrogens is 512 g/mol. The van der Waals surface area contributed by atoms with E-state index in [1.165, 1.54) is 5.56 Å². The number of rotatable bonds is 12. The highest BCUT2D eigenvalue weighted by Gasteiger charge is 2.27. The van der Waals surface area contributed by atoms with Gasteiger partial charge in [0.2, 0.25) is 10.0 Å². The third kappa shape index (κ3) is 10.4. The van der Waals surface area contributed by atoms with Crippen molar-refractivity contribution in [3.05, 3.63) is 54.1 Å². The summed E-state index contributed by atoms with van der Waals surface area (Å²) in [5, 5.41) is 3.06. The van der Waals surface area contributed by atoms with Crippen LogP contribution in [0, 0.1) is 0 Å². The van der Waals surface area contributed by atoms with Gasteiger partial charge in [-0.05, 0) is 67.6 Å². The molecule has 37 heavy (non-hydrogen) atoms. The summed E-state index contributed by atoms with van der Waals surface area (Å²) in [6, 6.07) is 15.3. The molecule has 2 aromatic rings. The van der Waals surface area contributed by atoms with Crippen molar-refractivity contribution in [1.29, 1.82) is 0 Å². The number of nitrogens with zero attached hydrogens (tertiary/aromatic N) is 2. The van der Waals surface area contributed by atoms with Gasteiger partial charge in [-0.2, -0.15) is 0 Å². The second-order valence-electron chi connectivity index (χ2n) is 9.43. The lowest BCUT2D eigenvalue weighted by molar-refractivity contribution is 0.116. The van der Waals surface area contributed by atoms with Crippen molar-refractivity contribution >= 4 is 34.1 Å². The molecular formula is C27H41ClN4O4S. The maximum absolute atomic E-state index is 12.7. The first-order valence-corrected chi connectivity index (χ1v) is 14.8. The Hall–Kier alpha value is -2.49. The summed E-state index contributed by atoms with van der Waals surface area (Å²) in [6.45, 7) is 8.61. The van der Waals surface area contributed by atoms with Crippen LogP contribution in [0.1, 0.15) is 51.5 Å². The number of carbonyl (C=O) groups is 1. The standard InChI is InChI=1S/C27H40N4O4S.ClH/c1-4-6-18-31(27(32)28-17-5-2)24-15-19-30(20-16-24)21-22-7-11-25(12-8-22)35-26-13-9-23(10-14-26)29-36(3,33)34;/h7-14,24,29H,4-6,15-21H2,1-3H3,(H,28,32);1H. The molecule has 0 radical (unpaired) electrons. The number of unbranched alkanes of at least 4 members (excludes halogenated alkanes) is 1. The first kappa shape index (κ1) is 30.7. The number of hydrogen-bond donors (Lipinski definition) is 2. The lowest BCUT2D eigenvalue weighted by atomic mass is 10.0. The number of amides is 2. The first-order chi connectivity index (χ1) is 17.3. The summed E-state index contributed by atoms with van der Waals surface area (Å²) >= 11 is 0. The highest BCUT2D eigenvalue weighted by molar-refractivity contribution is 7.92. The van der Waals surface area contributed by atoms with Crippen LogP contribution in [0.3, 0.4) is 0 Å². The number of benzene rings is 2. The fraction of sp³-hybridized carbons (Fsp3) is 0.519. The monoisotopic (exact) mass is 552 g/mol. The van der Waals surface area contributed by atoms with E-state index in [1.54, 1.807) is 24.3 Å². The van der Waals surface area contributed by atoms with E-state index >= 15 is 0 Å². The SMILES string of the molecule is CCCCN(C(=O)NCCC)C1CCN(Cc2ccc(Oc3ccc(NS(C)(=O)=O)cc3)cc2)CC1.Cl. The molecule has 2 N–H and O–H groups in total. The predicted molar refractivity (Wildman–Crippen MR) is 152 cm³/mol. The molecule has 1 saturated heterocycles. The molecule has 0 bridgehead atoms. The molecule has 1 fully saturated rings. The zero-order valence-electron chi connectivity index (χ0n) is 22.1. The zero-order valence-corrected chi connectivity index (χ0v) is 23.7. The number of carbonyl (C=O) groups excluding carboxylic acids is 1. The van der Waals surface area contributed by atoms with Crippen molar-refractivity contribution < 1.29 is 17.9 Å². The molecule has 1 aliphatic heterocycles. The molecule has 1 aliphatic rings. The van der Waals surface area contributed by atoms with E-state index < -0.39 is 10.0 Å². The number of urea groups is 1. The Labute approximate surface area is 228 Å². The van der Waals surface area contributed by atoms with Crippen LogP contribution < -0.4 is 14.8 Å². The molecule has 0 unspecified atom stereocenters. The van der Waals surface area contributed by atoms with Gasteiger partial charge in [-0.25, -0.2) is 13.2 Å². The third-order valence-electron chi connectivity index (χ3n) is 6.26. The molecule has 10 heteroatoms. The van der Waals surface area contributed by atoms with Crippen molar-refractivity contribution in [1.82, 2.24) is 15.1 Å². The van der Waals surface area contributed by atoms with Crippen molar-refractivity contribution in [2.45, 2.75) is 58.5 Å². The summed E-state index contributed by atoms with van der Waals surface area (Å²) in [7, 11) is -3.30. The van der Waals surface area contributed by atoms with Crippen LogP contribution in [0.4, 0.5) is 10.5 Å². The van der Waals surface area contributed by atoms with Gasteiger partial charge < -0.3 is 15.0 Å². The van der Waals surface area contributed by atoms with Crippen molar-refractivity contribution in [3.8, 4) is 11.5 Å². The summed E-state index contributed by atoms with van der Waals surface area (Å²) in [5.41, 5.74) is 1.72. The fourth-order valence-electron chi connectivity index (χ4n) is 4.36. The molecule has 8 nitrogen and oxygen atoms in total. The lowest BCUT2D eigenvalue weighted by Gasteiger charge is -2.38. The number of nitrogens with one attached hydrogen (secondary N) is 2. The third-order valence-corrected chi connectivity index (χ3v) is 6.87. The van der Waals surface area contributed by atoms with Crippen LogP contribution in [-0.2, 0) is 16.6 Å². The van der Waals surface area contributed by atoms with E-state index in [0.29, 0.717) is 17.5 Å². The zero-order chi connectivity index (χ0) is 26.0. The Bertz CT molecular complexity index is 1060.